The zero-order valence-electron chi connectivity index (χ0n) is 10.6. The van der Waals surface area contributed by atoms with Gasteiger partial charge in [0.05, 0.1) is 12.1 Å². The fourth-order valence-corrected chi connectivity index (χ4v) is 2.16. The number of carbonyl (C=O) groups excluding carboxylic acids is 1. The SMILES string of the molecule is CC1CC1CN(C)CC(=O)c1cc(F)ccc1F. The summed E-state index contributed by atoms with van der Waals surface area (Å²) in [7, 11) is 1.83. The zero-order valence-corrected chi connectivity index (χ0v) is 10.6. The number of ketones is 1. The molecule has 4 heteroatoms. The van der Waals surface area contributed by atoms with Crippen LogP contribution in [0.5, 0.6) is 0 Å². The third-order valence-electron chi connectivity index (χ3n) is 3.46. The van der Waals surface area contributed by atoms with E-state index >= 15 is 0 Å². The van der Waals surface area contributed by atoms with Crippen molar-refractivity contribution < 1.29 is 13.6 Å². The van der Waals surface area contributed by atoms with Gasteiger partial charge in [0.2, 0.25) is 0 Å². The summed E-state index contributed by atoms with van der Waals surface area (Å²) in [6.07, 6.45) is 1.19. The Morgan fingerprint density at radius 3 is 2.72 bits per heavy atom. The second-order valence-corrected chi connectivity index (χ2v) is 5.22. The molecule has 2 rings (SSSR count). The first kappa shape index (κ1) is 13.1. The molecule has 0 heterocycles. The van der Waals surface area contributed by atoms with E-state index in [1.54, 1.807) is 0 Å². The highest BCUT2D eigenvalue weighted by atomic mass is 19.1. The van der Waals surface area contributed by atoms with Gasteiger partial charge in [-0.05, 0) is 43.5 Å². The van der Waals surface area contributed by atoms with E-state index in [-0.39, 0.29) is 17.9 Å². The molecular formula is C14H17F2NO. The van der Waals surface area contributed by atoms with Crippen LogP contribution in [0, 0.1) is 23.5 Å². The van der Waals surface area contributed by atoms with Crippen LogP contribution in [0.15, 0.2) is 18.2 Å². The standard InChI is InChI=1S/C14H17F2NO/c1-9-5-10(9)7-17(2)8-14(18)12-6-11(15)3-4-13(12)16/h3-4,6,9-10H,5,7-8H2,1-2H3. The van der Waals surface area contributed by atoms with Gasteiger partial charge in [0.15, 0.2) is 5.78 Å². The third kappa shape index (κ3) is 3.13. The van der Waals surface area contributed by atoms with Gasteiger partial charge in [-0.25, -0.2) is 8.78 Å². The average Bonchev–Trinajstić information content (AvgIpc) is 2.97. The van der Waals surface area contributed by atoms with E-state index < -0.39 is 11.6 Å². The van der Waals surface area contributed by atoms with Gasteiger partial charge in [0, 0.05) is 6.54 Å². The molecule has 18 heavy (non-hydrogen) atoms. The molecule has 0 aliphatic heterocycles. The fraction of sp³-hybridized carbons (Fsp3) is 0.500. The van der Waals surface area contributed by atoms with Crippen molar-refractivity contribution in [3.8, 4) is 0 Å². The number of hydrogen-bond donors (Lipinski definition) is 0. The lowest BCUT2D eigenvalue weighted by molar-refractivity contribution is 0.0939. The second-order valence-electron chi connectivity index (χ2n) is 5.22. The summed E-state index contributed by atoms with van der Waals surface area (Å²) in [5.74, 6) is -0.260. The normalized spacial score (nSPS) is 22.3. The van der Waals surface area contributed by atoms with Gasteiger partial charge in [-0.1, -0.05) is 6.92 Å². The minimum absolute atomic E-state index is 0.129. The third-order valence-corrected chi connectivity index (χ3v) is 3.46. The van der Waals surface area contributed by atoms with Crippen molar-refractivity contribution >= 4 is 5.78 Å². The molecule has 1 aliphatic rings. The first-order chi connectivity index (χ1) is 8.47. The van der Waals surface area contributed by atoms with E-state index in [0.29, 0.717) is 11.8 Å². The summed E-state index contributed by atoms with van der Waals surface area (Å²) < 4.78 is 26.4. The van der Waals surface area contributed by atoms with E-state index in [1.165, 1.54) is 6.42 Å². The Hall–Kier alpha value is -1.29. The Kier molecular flexibility index (Phi) is 3.76. The predicted molar refractivity (Wildman–Crippen MR) is 65.5 cm³/mol. The van der Waals surface area contributed by atoms with Gasteiger partial charge in [-0.15, -0.1) is 0 Å². The summed E-state index contributed by atoms with van der Waals surface area (Å²) in [4.78, 5) is 13.7. The van der Waals surface area contributed by atoms with Crippen molar-refractivity contribution in [2.75, 3.05) is 20.1 Å². The number of rotatable bonds is 5. The van der Waals surface area contributed by atoms with Crippen molar-refractivity contribution in [1.29, 1.82) is 0 Å². The van der Waals surface area contributed by atoms with Crippen LogP contribution >= 0.6 is 0 Å². The van der Waals surface area contributed by atoms with E-state index in [2.05, 4.69) is 6.92 Å². The Bertz CT molecular complexity index is 461. The molecule has 1 aromatic rings. The van der Waals surface area contributed by atoms with Crippen LogP contribution in [-0.2, 0) is 0 Å². The van der Waals surface area contributed by atoms with E-state index in [4.69, 9.17) is 0 Å². The first-order valence-corrected chi connectivity index (χ1v) is 6.14. The minimum atomic E-state index is -0.658. The highest BCUT2D eigenvalue weighted by Crippen LogP contribution is 2.37. The van der Waals surface area contributed by atoms with Crippen LogP contribution in [0.2, 0.25) is 0 Å². The lowest BCUT2D eigenvalue weighted by Gasteiger charge is -2.15. The molecule has 1 fully saturated rings. The molecule has 1 saturated carbocycles. The van der Waals surface area contributed by atoms with Crippen LogP contribution < -0.4 is 0 Å². The Morgan fingerprint density at radius 2 is 2.11 bits per heavy atom. The van der Waals surface area contributed by atoms with Crippen LogP contribution in [0.3, 0.4) is 0 Å². The van der Waals surface area contributed by atoms with E-state index in [1.807, 2.05) is 11.9 Å². The molecule has 0 N–H and O–H groups in total. The molecule has 0 aromatic heterocycles. The monoisotopic (exact) mass is 253 g/mol. The number of Topliss-reactive ketones (excluding diaryl/α,β-unsaturated/α-hetero) is 1. The van der Waals surface area contributed by atoms with E-state index in [9.17, 15) is 13.6 Å². The topological polar surface area (TPSA) is 20.3 Å². The number of halogens is 2. The summed E-state index contributed by atoms with van der Waals surface area (Å²) in [6.45, 7) is 3.14. The summed E-state index contributed by atoms with van der Waals surface area (Å²) >= 11 is 0. The Morgan fingerprint density at radius 1 is 1.44 bits per heavy atom. The zero-order chi connectivity index (χ0) is 13.3. The molecule has 0 amide bonds. The molecule has 0 bridgehead atoms. The summed E-state index contributed by atoms with van der Waals surface area (Å²) in [6, 6.07) is 2.97. The van der Waals surface area contributed by atoms with Crippen molar-refractivity contribution in [2.24, 2.45) is 11.8 Å². The molecule has 2 nitrogen and oxygen atoms in total. The smallest absolute Gasteiger partial charge is 0.179 e. The molecule has 1 aromatic carbocycles. The Labute approximate surface area is 106 Å². The second kappa shape index (κ2) is 5.14. The maximum absolute atomic E-state index is 13.4. The van der Waals surface area contributed by atoms with Gasteiger partial charge < -0.3 is 0 Å². The van der Waals surface area contributed by atoms with Gasteiger partial charge >= 0.3 is 0 Å². The van der Waals surface area contributed by atoms with Crippen molar-refractivity contribution in [1.82, 2.24) is 4.90 Å². The molecule has 0 saturated heterocycles. The van der Waals surface area contributed by atoms with Gasteiger partial charge in [0.1, 0.15) is 11.6 Å². The highest BCUT2D eigenvalue weighted by molar-refractivity contribution is 5.97. The maximum Gasteiger partial charge on any atom is 0.179 e. The fourth-order valence-electron chi connectivity index (χ4n) is 2.16. The molecule has 0 radical (unpaired) electrons. The van der Waals surface area contributed by atoms with Crippen molar-refractivity contribution in [3.63, 3.8) is 0 Å². The number of nitrogens with zero attached hydrogens (tertiary/aromatic N) is 1. The highest BCUT2D eigenvalue weighted by Gasteiger charge is 2.33. The average molecular weight is 253 g/mol. The molecule has 98 valence electrons. The first-order valence-electron chi connectivity index (χ1n) is 6.14. The molecule has 2 atom stereocenters. The van der Waals surface area contributed by atoms with E-state index in [0.717, 1.165) is 24.7 Å². The van der Waals surface area contributed by atoms with Gasteiger partial charge in [-0.3, -0.25) is 9.69 Å². The predicted octanol–water partition coefficient (Wildman–Crippen LogP) is 2.74. The van der Waals surface area contributed by atoms with Crippen molar-refractivity contribution in [2.45, 2.75) is 13.3 Å². The summed E-state index contributed by atoms with van der Waals surface area (Å²) in [5, 5.41) is 0. The van der Waals surface area contributed by atoms with Crippen LogP contribution in [0.25, 0.3) is 0 Å². The number of benzene rings is 1. The van der Waals surface area contributed by atoms with Crippen LogP contribution in [-0.4, -0.2) is 30.8 Å². The lowest BCUT2D eigenvalue weighted by atomic mass is 10.1. The van der Waals surface area contributed by atoms with Gasteiger partial charge in [-0.2, -0.15) is 0 Å². The van der Waals surface area contributed by atoms with Crippen molar-refractivity contribution in [3.05, 3.63) is 35.4 Å². The number of likely N-dealkylation sites (N-methyl/N-ethyl adjacent to an activating group) is 1. The molecule has 0 spiro atoms. The Balaban J connectivity index is 1.96. The quantitative estimate of drug-likeness (QED) is 0.752. The lowest BCUT2D eigenvalue weighted by Crippen LogP contribution is -2.28. The largest absolute Gasteiger partial charge is 0.299 e. The number of hydrogen-bond acceptors (Lipinski definition) is 2. The van der Waals surface area contributed by atoms with Crippen LogP contribution in [0.1, 0.15) is 23.7 Å². The molecule has 2 unspecified atom stereocenters. The molecule has 1 aliphatic carbocycles. The maximum atomic E-state index is 13.4. The minimum Gasteiger partial charge on any atom is -0.299 e. The number of carbonyl (C=O) groups is 1. The van der Waals surface area contributed by atoms with Crippen LogP contribution in [0.4, 0.5) is 8.78 Å². The molecular weight excluding hydrogens is 236 g/mol. The summed E-state index contributed by atoms with van der Waals surface area (Å²) in [5.41, 5.74) is -0.161. The van der Waals surface area contributed by atoms with Gasteiger partial charge in [0.25, 0.3) is 0 Å².